The van der Waals surface area contributed by atoms with Crippen molar-refractivity contribution < 1.29 is 27.9 Å². The van der Waals surface area contributed by atoms with Crippen LogP contribution in [0.3, 0.4) is 0 Å². The first kappa shape index (κ1) is 23.5. The number of esters is 1. The number of ketones is 1. The molecule has 0 aliphatic heterocycles. The van der Waals surface area contributed by atoms with Gasteiger partial charge in [0, 0.05) is 0 Å². The number of carbonyl (C=O) groups is 2. The average Bonchev–Trinajstić information content (AvgIpc) is 2.98. The standard InChI is InChI=1S/C21H32NO6P/c1-8-26-29(25-7,27-9-2)16-10-11-17-18(15(3)23)13-22(19(17)12-16)14-20(24)28-21(4,5)6/h10-13,29H,8-9,14H2,1-7H3. The van der Waals surface area contributed by atoms with E-state index in [1.54, 1.807) is 17.9 Å². The molecule has 2 aromatic rings. The molecule has 0 spiro atoms. The number of benzene rings is 1. The number of hydrogen-bond donors (Lipinski definition) is 0. The molecule has 0 amide bonds. The molecular formula is C21H32NO6P. The fraction of sp³-hybridized carbons (Fsp3) is 0.524. The van der Waals surface area contributed by atoms with Crippen LogP contribution in [-0.2, 0) is 29.6 Å². The van der Waals surface area contributed by atoms with Gasteiger partial charge >= 0.3 is 172 Å². The van der Waals surface area contributed by atoms with Crippen LogP contribution in [0.15, 0.2) is 24.4 Å². The van der Waals surface area contributed by atoms with E-state index in [9.17, 15) is 9.59 Å². The summed E-state index contributed by atoms with van der Waals surface area (Å²) < 4.78 is 24.7. The van der Waals surface area contributed by atoms with Gasteiger partial charge in [0.05, 0.1) is 0 Å². The molecule has 0 aliphatic rings. The van der Waals surface area contributed by atoms with Gasteiger partial charge < -0.3 is 0 Å². The predicted molar refractivity (Wildman–Crippen MR) is 116 cm³/mol. The molecule has 162 valence electrons. The average molecular weight is 425 g/mol. The number of aromatic nitrogens is 1. The van der Waals surface area contributed by atoms with E-state index >= 15 is 0 Å². The number of fused-ring (bicyclic) bond motifs is 1. The SMILES string of the molecule is CCO[PH](OC)(OCC)c1ccc2c(C(C)=O)cn(CC(=O)OC(C)(C)C)c2c1. The van der Waals surface area contributed by atoms with E-state index in [1.807, 2.05) is 52.8 Å². The predicted octanol–water partition coefficient (Wildman–Crippen LogP) is 4.03. The molecule has 0 atom stereocenters. The molecule has 0 fully saturated rings. The Hall–Kier alpha value is -1.79. The summed E-state index contributed by atoms with van der Waals surface area (Å²) in [7, 11) is -1.52. The van der Waals surface area contributed by atoms with E-state index in [0.717, 1.165) is 16.2 Å². The van der Waals surface area contributed by atoms with Crippen molar-refractivity contribution in [3.63, 3.8) is 0 Å². The number of rotatable bonds is 9. The van der Waals surface area contributed by atoms with Crippen LogP contribution in [0, 0.1) is 0 Å². The molecule has 0 saturated carbocycles. The first-order chi connectivity index (χ1) is 13.6. The van der Waals surface area contributed by atoms with Crippen molar-refractivity contribution in [3.8, 4) is 0 Å². The van der Waals surface area contributed by atoms with E-state index in [-0.39, 0.29) is 18.3 Å². The fourth-order valence-electron chi connectivity index (χ4n) is 3.23. The van der Waals surface area contributed by atoms with E-state index in [0.29, 0.717) is 18.8 Å². The zero-order valence-corrected chi connectivity index (χ0v) is 19.3. The van der Waals surface area contributed by atoms with Gasteiger partial charge in [-0.1, -0.05) is 0 Å². The van der Waals surface area contributed by atoms with E-state index in [1.165, 1.54) is 6.92 Å². The Kier molecular flexibility index (Phi) is 7.57. The molecule has 0 bridgehead atoms. The Morgan fingerprint density at radius 2 is 1.72 bits per heavy atom. The Labute approximate surface area is 172 Å². The number of ether oxygens (including phenoxy) is 1. The van der Waals surface area contributed by atoms with E-state index in [2.05, 4.69) is 0 Å². The summed E-state index contributed by atoms with van der Waals surface area (Å²) in [6.45, 7) is 11.6. The van der Waals surface area contributed by atoms with Crippen LogP contribution in [0.5, 0.6) is 0 Å². The van der Waals surface area contributed by atoms with Crippen LogP contribution in [0.1, 0.15) is 51.9 Å². The first-order valence-electron chi connectivity index (χ1n) is 9.76. The van der Waals surface area contributed by atoms with Crippen molar-refractivity contribution in [2.45, 2.75) is 53.7 Å². The van der Waals surface area contributed by atoms with E-state index in [4.69, 9.17) is 18.3 Å². The van der Waals surface area contributed by atoms with Crippen molar-refractivity contribution in [1.82, 2.24) is 4.57 Å². The van der Waals surface area contributed by atoms with Crippen LogP contribution < -0.4 is 5.30 Å². The second kappa shape index (κ2) is 9.35. The monoisotopic (exact) mass is 425 g/mol. The van der Waals surface area contributed by atoms with Gasteiger partial charge in [0.25, 0.3) is 0 Å². The summed E-state index contributed by atoms with van der Waals surface area (Å²) in [6, 6.07) is 5.60. The summed E-state index contributed by atoms with van der Waals surface area (Å²) in [5.74, 6) is -0.449. The van der Waals surface area contributed by atoms with Gasteiger partial charge in [-0.05, 0) is 0 Å². The Morgan fingerprint density at radius 3 is 2.21 bits per heavy atom. The van der Waals surface area contributed by atoms with Gasteiger partial charge in [-0.3, -0.25) is 0 Å². The summed E-state index contributed by atoms with van der Waals surface area (Å²) in [6.07, 6.45) is 1.69. The molecule has 0 aliphatic carbocycles. The number of Topliss-reactive ketones (excluding diaryl/α,β-unsaturated/α-hetero) is 1. The van der Waals surface area contributed by atoms with Crippen LogP contribution in [0.25, 0.3) is 10.9 Å². The minimum absolute atomic E-state index is 0.00465. The Bertz CT molecular complexity index is 877. The number of carbonyl (C=O) groups excluding carboxylic acids is 2. The van der Waals surface area contributed by atoms with E-state index < -0.39 is 13.5 Å². The second-order valence-corrected chi connectivity index (χ2v) is 10.3. The van der Waals surface area contributed by atoms with Gasteiger partial charge in [-0.2, -0.15) is 0 Å². The zero-order chi connectivity index (χ0) is 21.8. The molecule has 0 saturated heterocycles. The van der Waals surface area contributed by atoms with Crippen molar-refractivity contribution >= 4 is 35.9 Å². The summed E-state index contributed by atoms with van der Waals surface area (Å²) >= 11 is 0. The summed E-state index contributed by atoms with van der Waals surface area (Å²) in [5, 5.41) is 1.53. The summed E-state index contributed by atoms with van der Waals surface area (Å²) in [4.78, 5) is 24.5. The molecule has 2 rings (SSSR count). The van der Waals surface area contributed by atoms with Crippen molar-refractivity contribution in [3.05, 3.63) is 30.0 Å². The van der Waals surface area contributed by atoms with Crippen molar-refractivity contribution in [2.24, 2.45) is 0 Å². The minimum atomic E-state index is -3.10. The second-order valence-electron chi connectivity index (χ2n) is 7.67. The zero-order valence-electron chi connectivity index (χ0n) is 18.3. The molecule has 29 heavy (non-hydrogen) atoms. The van der Waals surface area contributed by atoms with Gasteiger partial charge in [0.2, 0.25) is 0 Å². The normalized spacial score (nSPS) is 12.9. The quantitative estimate of drug-likeness (QED) is 0.343. The molecule has 8 heteroatoms. The van der Waals surface area contributed by atoms with Crippen LogP contribution in [0.2, 0.25) is 0 Å². The maximum absolute atomic E-state index is 12.4. The maximum atomic E-state index is 12.4. The third-order valence-corrected chi connectivity index (χ3v) is 7.17. The molecule has 0 unspecified atom stereocenters. The number of hydrogen-bond acceptors (Lipinski definition) is 6. The fourth-order valence-corrected chi connectivity index (χ4v) is 5.48. The van der Waals surface area contributed by atoms with Gasteiger partial charge in [0.1, 0.15) is 0 Å². The third-order valence-electron chi connectivity index (χ3n) is 4.27. The van der Waals surface area contributed by atoms with Crippen LogP contribution in [0.4, 0.5) is 0 Å². The van der Waals surface area contributed by atoms with Gasteiger partial charge in [-0.15, -0.1) is 0 Å². The van der Waals surface area contributed by atoms with Crippen molar-refractivity contribution in [1.29, 1.82) is 0 Å². The third kappa shape index (κ3) is 5.43. The molecule has 0 N–H and O–H groups in total. The molecular weight excluding hydrogens is 393 g/mol. The topological polar surface area (TPSA) is 76.0 Å². The Balaban J connectivity index is 2.58. The molecule has 1 aromatic carbocycles. The van der Waals surface area contributed by atoms with Gasteiger partial charge in [0.15, 0.2) is 0 Å². The summed E-state index contributed by atoms with van der Waals surface area (Å²) in [5.41, 5.74) is 0.691. The molecule has 1 heterocycles. The first-order valence-corrected chi connectivity index (χ1v) is 11.5. The molecule has 7 nitrogen and oxygen atoms in total. The van der Waals surface area contributed by atoms with Crippen LogP contribution >= 0.6 is 7.94 Å². The Morgan fingerprint density at radius 1 is 1.10 bits per heavy atom. The molecule has 1 aromatic heterocycles. The van der Waals surface area contributed by atoms with Crippen LogP contribution in [-0.4, -0.2) is 42.2 Å². The number of nitrogens with zero attached hydrogens (tertiary/aromatic N) is 1. The van der Waals surface area contributed by atoms with Crippen molar-refractivity contribution in [2.75, 3.05) is 20.3 Å². The molecule has 0 radical (unpaired) electrons. The van der Waals surface area contributed by atoms with Gasteiger partial charge in [-0.25, -0.2) is 0 Å².